The number of hydrogen-bond acceptors (Lipinski definition) is 6. The number of nitrogens with zero attached hydrogens (tertiary/aromatic N) is 1. The first-order valence-corrected chi connectivity index (χ1v) is 9.75. The van der Waals surface area contributed by atoms with Crippen molar-refractivity contribution in [3.8, 4) is 0 Å². The zero-order chi connectivity index (χ0) is 20.0. The van der Waals surface area contributed by atoms with E-state index in [4.69, 9.17) is 4.74 Å². The molecule has 1 aromatic carbocycles. The normalized spacial score (nSPS) is 11.7. The number of nitro benzene ring substituents is 1. The number of unbranched alkanes of at least 4 members (excludes halogenated alkanes) is 1. The molecular weight excluding hydrogens is 362 g/mol. The molecule has 0 saturated heterocycles. The van der Waals surface area contributed by atoms with Crippen molar-refractivity contribution in [1.29, 1.82) is 0 Å². The third kappa shape index (κ3) is 8.15. The van der Waals surface area contributed by atoms with Crippen LogP contribution in [0.4, 0.5) is 16.2 Å². The van der Waals surface area contributed by atoms with Crippen LogP contribution in [-0.2, 0) is 14.8 Å². The molecule has 0 radical (unpaired) electrons. The highest BCUT2D eigenvalue weighted by molar-refractivity contribution is 7.92. The fourth-order valence-corrected chi connectivity index (χ4v) is 3.25. The molecule has 0 bridgehead atoms. The SMILES string of the molecule is Cc1cc([N+](=O)[O-])ccc1NS(=O)(=O)CCCCOC(=O)NC(C)(C)C. The molecule has 1 amide bonds. The fraction of sp³-hybridized carbons (Fsp3) is 0.562. The highest BCUT2D eigenvalue weighted by Gasteiger charge is 2.16. The maximum Gasteiger partial charge on any atom is 0.407 e. The number of rotatable bonds is 8. The van der Waals surface area contributed by atoms with Gasteiger partial charge in [-0.15, -0.1) is 0 Å². The van der Waals surface area contributed by atoms with Crippen LogP contribution >= 0.6 is 0 Å². The Morgan fingerprint density at radius 3 is 2.46 bits per heavy atom. The Labute approximate surface area is 153 Å². The number of hydrogen-bond donors (Lipinski definition) is 2. The van der Waals surface area contributed by atoms with E-state index in [9.17, 15) is 23.3 Å². The van der Waals surface area contributed by atoms with Crippen LogP contribution in [0.25, 0.3) is 0 Å². The molecule has 2 N–H and O–H groups in total. The molecule has 0 heterocycles. The molecule has 0 atom stereocenters. The average Bonchev–Trinajstić information content (AvgIpc) is 2.46. The molecule has 26 heavy (non-hydrogen) atoms. The number of benzene rings is 1. The topological polar surface area (TPSA) is 128 Å². The standard InChI is InChI=1S/C16H25N3O6S/c1-12-11-13(19(21)22)7-8-14(12)18-26(23,24)10-6-5-9-25-15(20)17-16(2,3)4/h7-8,11,18H,5-6,9-10H2,1-4H3,(H,17,20). The minimum Gasteiger partial charge on any atom is -0.450 e. The van der Waals surface area contributed by atoms with Crippen LogP contribution in [0, 0.1) is 17.0 Å². The number of sulfonamides is 1. The number of alkyl carbamates (subject to hydrolysis) is 1. The molecule has 1 rings (SSSR count). The largest absolute Gasteiger partial charge is 0.450 e. The lowest BCUT2D eigenvalue weighted by molar-refractivity contribution is -0.384. The van der Waals surface area contributed by atoms with Crippen LogP contribution in [0.1, 0.15) is 39.2 Å². The average molecular weight is 387 g/mol. The summed E-state index contributed by atoms with van der Waals surface area (Å²) in [6, 6.07) is 3.91. The van der Waals surface area contributed by atoms with Crippen LogP contribution in [0.5, 0.6) is 0 Å². The summed E-state index contributed by atoms with van der Waals surface area (Å²) in [5.41, 5.74) is 0.268. The van der Waals surface area contributed by atoms with Crippen LogP contribution in [0.2, 0.25) is 0 Å². The molecule has 0 aromatic heterocycles. The molecule has 10 heteroatoms. The van der Waals surface area contributed by atoms with Crippen LogP contribution < -0.4 is 10.0 Å². The van der Waals surface area contributed by atoms with Crippen molar-refractivity contribution in [1.82, 2.24) is 5.32 Å². The minimum absolute atomic E-state index is 0.101. The number of carbonyl (C=O) groups excluding carboxylic acids is 1. The van der Waals surface area contributed by atoms with Gasteiger partial charge in [0.2, 0.25) is 10.0 Å². The van der Waals surface area contributed by atoms with E-state index in [1.807, 2.05) is 20.8 Å². The van der Waals surface area contributed by atoms with E-state index in [2.05, 4.69) is 10.0 Å². The number of ether oxygens (including phenoxy) is 1. The van der Waals surface area contributed by atoms with E-state index in [0.29, 0.717) is 24.1 Å². The summed E-state index contributed by atoms with van der Waals surface area (Å²) in [7, 11) is -3.60. The monoisotopic (exact) mass is 387 g/mol. The van der Waals surface area contributed by atoms with Crippen molar-refractivity contribution in [2.75, 3.05) is 17.1 Å². The van der Waals surface area contributed by atoms with E-state index >= 15 is 0 Å². The van der Waals surface area contributed by atoms with Crippen molar-refractivity contribution in [2.45, 2.75) is 46.1 Å². The van der Waals surface area contributed by atoms with Gasteiger partial charge >= 0.3 is 6.09 Å². The van der Waals surface area contributed by atoms with E-state index in [1.54, 1.807) is 6.92 Å². The molecule has 0 fully saturated rings. The predicted molar refractivity (Wildman–Crippen MR) is 98.7 cm³/mol. The molecule has 1 aromatic rings. The van der Waals surface area contributed by atoms with Crippen molar-refractivity contribution >= 4 is 27.5 Å². The van der Waals surface area contributed by atoms with Crippen molar-refractivity contribution in [2.24, 2.45) is 0 Å². The van der Waals surface area contributed by atoms with Crippen molar-refractivity contribution < 1.29 is 22.9 Å². The summed E-state index contributed by atoms with van der Waals surface area (Å²) in [5.74, 6) is -0.145. The molecule has 0 unspecified atom stereocenters. The Morgan fingerprint density at radius 2 is 1.92 bits per heavy atom. The third-order valence-electron chi connectivity index (χ3n) is 3.20. The van der Waals surface area contributed by atoms with Gasteiger partial charge in [-0.3, -0.25) is 14.8 Å². The Kier molecular flexibility index (Phi) is 7.37. The maximum absolute atomic E-state index is 12.1. The Hall–Kier alpha value is -2.36. The fourth-order valence-electron chi connectivity index (χ4n) is 2.00. The minimum atomic E-state index is -3.60. The zero-order valence-corrected chi connectivity index (χ0v) is 16.2. The summed E-state index contributed by atoms with van der Waals surface area (Å²) in [6.45, 7) is 7.19. The number of nitro groups is 1. The van der Waals surface area contributed by atoms with Gasteiger partial charge in [-0.05, 0) is 52.2 Å². The number of carbonyl (C=O) groups is 1. The first kappa shape index (κ1) is 21.7. The maximum atomic E-state index is 12.1. The molecule has 0 aliphatic heterocycles. The van der Waals surface area contributed by atoms with Crippen molar-refractivity contribution in [3.63, 3.8) is 0 Å². The molecule has 0 spiro atoms. The van der Waals surface area contributed by atoms with Gasteiger partial charge in [0.05, 0.1) is 23.0 Å². The summed E-state index contributed by atoms with van der Waals surface area (Å²) in [4.78, 5) is 21.6. The third-order valence-corrected chi connectivity index (χ3v) is 4.56. The number of aryl methyl sites for hydroxylation is 1. The first-order chi connectivity index (χ1) is 11.9. The van der Waals surface area contributed by atoms with E-state index in [0.717, 1.165) is 0 Å². The quantitative estimate of drug-likeness (QED) is 0.401. The van der Waals surface area contributed by atoms with Gasteiger partial charge in [-0.1, -0.05) is 0 Å². The molecule has 146 valence electrons. The summed E-state index contributed by atoms with van der Waals surface area (Å²) in [6.07, 6.45) is 0.169. The molecule has 0 aliphatic carbocycles. The Balaban J connectivity index is 2.43. The van der Waals surface area contributed by atoms with Gasteiger partial charge in [0, 0.05) is 17.7 Å². The highest BCUT2D eigenvalue weighted by atomic mass is 32.2. The second-order valence-corrected chi connectivity index (χ2v) is 8.74. The first-order valence-electron chi connectivity index (χ1n) is 8.10. The van der Waals surface area contributed by atoms with Gasteiger partial charge in [0.15, 0.2) is 0 Å². The van der Waals surface area contributed by atoms with Gasteiger partial charge in [0.1, 0.15) is 0 Å². The second-order valence-electron chi connectivity index (χ2n) is 6.90. The summed E-state index contributed by atoms with van der Waals surface area (Å²) < 4.78 is 31.6. The van der Waals surface area contributed by atoms with Crippen LogP contribution in [-0.4, -0.2) is 37.3 Å². The van der Waals surface area contributed by atoms with Crippen LogP contribution in [0.15, 0.2) is 18.2 Å². The van der Waals surface area contributed by atoms with Crippen molar-refractivity contribution in [3.05, 3.63) is 33.9 Å². The number of amides is 1. The van der Waals surface area contributed by atoms with Gasteiger partial charge in [-0.2, -0.15) is 0 Å². The predicted octanol–water partition coefficient (Wildman–Crippen LogP) is 2.95. The molecular formula is C16H25N3O6S. The van der Waals surface area contributed by atoms with Gasteiger partial charge in [0.25, 0.3) is 5.69 Å². The lowest BCUT2D eigenvalue weighted by Gasteiger charge is -2.19. The summed E-state index contributed by atoms with van der Waals surface area (Å²) in [5, 5.41) is 13.3. The lowest BCUT2D eigenvalue weighted by Crippen LogP contribution is -2.41. The Morgan fingerprint density at radius 1 is 1.27 bits per heavy atom. The van der Waals surface area contributed by atoms with Crippen LogP contribution in [0.3, 0.4) is 0 Å². The molecule has 0 aliphatic rings. The number of nitrogens with one attached hydrogen (secondary N) is 2. The summed E-state index contributed by atoms with van der Waals surface area (Å²) >= 11 is 0. The van der Waals surface area contributed by atoms with Gasteiger partial charge < -0.3 is 10.1 Å². The molecule has 9 nitrogen and oxygen atoms in total. The number of anilines is 1. The zero-order valence-electron chi connectivity index (χ0n) is 15.4. The molecule has 0 saturated carbocycles. The van der Waals surface area contributed by atoms with E-state index in [1.165, 1.54) is 18.2 Å². The smallest absolute Gasteiger partial charge is 0.407 e. The second kappa shape index (κ2) is 8.84. The Bertz CT molecular complexity index is 756. The van der Waals surface area contributed by atoms with E-state index in [-0.39, 0.29) is 18.0 Å². The lowest BCUT2D eigenvalue weighted by atomic mass is 10.1. The number of non-ortho nitro benzene ring substituents is 1. The highest BCUT2D eigenvalue weighted by Crippen LogP contribution is 2.22. The van der Waals surface area contributed by atoms with E-state index < -0.39 is 26.6 Å². The van der Waals surface area contributed by atoms with Gasteiger partial charge in [-0.25, -0.2) is 13.2 Å².